The van der Waals surface area contributed by atoms with Gasteiger partial charge in [-0.05, 0) is 35.8 Å². The summed E-state index contributed by atoms with van der Waals surface area (Å²) in [5, 5.41) is 3.62. The lowest BCUT2D eigenvalue weighted by atomic mass is 9.67. The van der Waals surface area contributed by atoms with Gasteiger partial charge in [0.1, 0.15) is 0 Å². The van der Waals surface area contributed by atoms with Crippen LogP contribution in [0.2, 0.25) is 0 Å². The van der Waals surface area contributed by atoms with Crippen LogP contribution in [-0.2, 0) is 17.9 Å². The monoisotopic (exact) mass is 247 g/mol. The molecule has 0 heterocycles. The molecular formula is C16H25NO. The highest BCUT2D eigenvalue weighted by Gasteiger charge is 2.34. The Morgan fingerprint density at radius 3 is 2.33 bits per heavy atom. The largest absolute Gasteiger partial charge is 0.380 e. The van der Waals surface area contributed by atoms with Crippen LogP contribution in [0.4, 0.5) is 0 Å². The molecule has 1 aliphatic rings. The van der Waals surface area contributed by atoms with E-state index < -0.39 is 0 Å². The maximum atomic E-state index is 5.11. The molecule has 0 aromatic heterocycles. The molecule has 0 aliphatic heterocycles. The summed E-state index contributed by atoms with van der Waals surface area (Å²) in [7, 11) is 1.73. The van der Waals surface area contributed by atoms with Gasteiger partial charge < -0.3 is 10.1 Å². The Bertz CT molecular complexity index is 348. The van der Waals surface area contributed by atoms with Gasteiger partial charge in [0.05, 0.1) is 6.61 Å². The highest BCUT2D eigenvalue weighted by molar-refractivity contribution is 5.21. The molecule has 18 heavy (non-hydrogen) atoms. The number of methoxy groups -OCH3 is 1. The third-order valence-corrected chi connectivity index (χ3v) is 4.33. The third-order valence-electron chi connectivity index (χ3n) is 4.33. The minimum atomic E-state index is 0.607. The number of rotatable bonds is 7. The molecule has 0 spiro atoms. The van der Waals surface area contributed by atoms with Crippen LogP contribution in [0.3, 0.4) is 0 Å². The molecule has 0 radical (unpaired) electrons. The summed E-state index contributed by atoms with van der Waals surface area (Å²) in [6.45, 7) is 5.17. The maximum Gasteiger partial charge on any atom is 0.0713 e. The number of ether oxygens (including phenoxy) is 1. The molecule has 2 nitrogen and oxygen atoms in total. The van der Waals surface area contributed by atoms with E-state index in [0.717, 1.165) is 6.54 Å². The lowest BCUT2D eigenvalue weighted by Gasteiger charge is -2.41. The average molecular weight is 247 g/mol. The Labute approximate surface area is 111 Å². The molecule has 0 bridgehead atoms. The van der Waals surface area contributed by atoms with Crippen LogP contribution in [0, 0.1) is 5.41 Å². The molecular weight excluding hydrogens is 222 g/mol. The summed E-state index contributed by atoms with van der Waals surface area (Å²) in [4.78, 5) is 0. The molecule has 1 aromatic carbocycles. The van der Waals surface area contributed by atoms with Gasteiger partial charge in [-0.15, -0.1) is 0 Å². The van der Waals surface area contributed by atoms with Gasteiger partial charge in [-0.3, -0.25) is 0 Å². The quantitative estimate of drug-likeness (QED) is 0.796. The molecule has 1 aromatic rings. The number of nitrogens with one attached hydrogen (secondary N) is 1. The van der Waals surface area contributed by atoms with E-state index in [1.807, 2.05) is 0 Å². The molecule has 2 heteroatoms. The highest BCUT2D eigenvalue weighted by atomic mass is 16.5. The lowest BCUT2D eigenvalue weighted by Crippen LogP contribution is -2.39. The van der Waals surface area contributed by atoms with Crippen molar-refractivity contribution in [2.24, 2.45) is 5.41 Å². The normalized spacial score (nSPS) is 17.4. The van der Waals surface area contributed by atoms with E-state index in [1.165, 1.54) is 43.4 Å². The minimum Gasteiger partial charge on any atom is -0.380 e. The lowest BCUT2D eigenvalue weighted by molar-refractivity contribution is 0.124. The molecule has 0 unspecified atom stereocenters. The first-order valence-electron chi connectivity index (χ1n) is 7.05. The fourth-order valence-corrected chi connectivity index (χ4v) is 2.72. The first-order valence-corrected chi connectivity index (χ1v) is 7.05. The van der Waals surface area contributed by atoms with Gasteiger partial charge in [-0.2, -0.15) is 0 Å². The van der Waals surface area contributed by atoms with E-state index in [1.54, 1.807) is 7.11 Å². The van der Waals surface area contributed by atoms with Crippen LogP contribution in [0.25, 0.3) is 0 Å². The zero-order valence-corrected chi connectivity index (χ0v) is 11.7. The second-order valence-electron chi connectivity index (χ2n) is 5.56. The maximum absolute atomic E-state index is 5.11. The standard InChI is InChI=1S/C16H25NO/c1-3-16(9-4-10-16)13-17-11-14-5-7-15(8-6-14)12-18-2/h5-8,17H,3-4,9-13H2,1-2H3. The molecule has 2 rings (SSSR count). The first-order chi connectivity index (χ1) is 8.78. The second kappa shape index (κ2) is 6.35. The summed E-state index contributed by atoms with van der Waals surface area (Å²) >= 11 is 0. The molecule has 0 saturated heterocycles. The SMILES string of the molecule is CCC1(CNCc2ccc(COC)cc2)CCC1. The van der Waals surface area contributed by atoms with Crippen molar-refractivity contribution in [3.63, 3.8) is 0 Å². The van der Waals surface area contributed by atoms with Crippen LogP contribution in [0.15, 0.2) is 24.3 Å². The number of hydrogen-bond acceptors (Lipinski definition) is 2. The van der Waals surface area contributed by atoms with Crippen molar-refractivity contribution in [3.8, 4) is 0 Å². The van der Waals surface area contributed by atoms with E-state index in [4.69, 9.17) is 4.74 Å². The minimum absolute atomic E-state index is 0.607. The Kier molecular flexibility index (Phi) is 4.79. The Morgan fingerprint density at radius 2 is 1.83 bits per heavy atom. The summed E-state index contributed by atoms with van der Waals surface area (Å²) in [5.74, 6) is 0. The molecule has 1 N–H and O–H groups in total. The van der Waals surface area contributed by atoms with Gasteiger partial charge in [0, 0.05) is 20.2 Å². The van der Waals surface area contributed by atoms with Crippen molar-refractivity contribution in [3.05, 3.63) is 35.4 Å². The molecule has 1 fully saturated rings. The average Bonchev–Trinajstić information content (AvgIpc) is 2.35. The predicted octanol–water partition coefficient (Wildman–Crippen LogP) is 3.50. The molecule has 1 aliphatic carbocycles. The van der Waals surface area contributed by atoms with Crippen LogP contribution in [0.5, 0.6) is 0 Å². The van der Waals surface area contributed by atoms with E-state index in [0.29, 0.717) is 12.0 Å². The van der Waals surface area contributed by atoms with Crippen molar-refractivity contribution in [2.75, 3.05) is 13.7 Å². The number of hydrogen-bond donors (Lipinski definition) is 1. The highest BCUT2D eigenvalue weighted by Crippen LogP contribution is 2.43. The van der Waals surface area contributed by atoms with Crippen molar-refractivity contribution in [1.29, 1.82) is 0 Å². The van der Waals surface area contributed by atoms with E-state index in [2.05, 4.69) is 36.5 Å². The molecule has 0 atom stereocenters. The molecule has 0 amide bonds. The van der Waals surface area contributed by atoms with Crippen LogP contribution < -0.4 is 5.32 Å². The fraction of sp³-hybridized carbons (Fsp3) is 0.625. The van der Waals surface area contributed by atoms with Gasteiger partial charge in [-0.25, -0.2) is 0 Å². The Hall–Kier alpha value is -0.860. The van der Waals surface area contributed by atoms with E-state index in [9.17, 15) is 0 Å². The Balaban J connectivity index is 1.76. The summed E-state index contributed by atoms with van der Waals surface area (Å²) in [6, 6.07) is 8.69. The first kappa shape index (κ1) is 13.6. The second-order valence-corrected chi connectivity index (χ2v) is 5.56. The van der Waals surface area contributed by atoms with Gasteiger partial charge in [-0.1, -0.05) is 37.6 Å². The van der Waals surface area contributed by atoms with Gasteiger partial charge >= 0.3 is 0 Å². The number of benzene rings is 1. The van der Waals surface area contributed by atoms with E-state index >= 15 is 0 Å². The molecule has 1 saturated carbocycles. The zero-order chi connectivity index (χ0) is 12.8. The van der Waals surface area contributed by atoms with Gasteiger partial charge in [0.15, 0.2) is 0 Å². The molecule has 100 valence electrons. The predicted molar refractivity (Wildman–Crippen MR) is 75.4 cm³/mol. The van der Waals surface area contributed by atoms with Crippen molar-refractivity contribution in [1.82, 2.24) is 5.32 Å². The fourth-order valence-electron chi connectivity index (χ4n) is 2.72. The Morgan fingerprint density at radius 1 is 1.17 bits per heavy atom. The van der Waals surface area contributed by atoms with Crippen molar-refractivity contribution < 1.29 is 4.74 Å². The third kappa shape index (κ3) is 3.33. The van der Waals surface area contributed by atoms with Crippen LogP contribution in [0.1, 0.15) is 43.7 Å². The van der Waals surface area contributed by atoms with E-state index in [-0.39, 0.29) is 0 Å². The summed E-state index contributed by atoms with van der Waals surface area (Å²) in [6.07, 6.45) is 5.54. The van der Waals surface area contributed by atoms with Crippen LogP contribution in [-0.4, -0.2) is 13.7 Å². The zero-order valence-electron chi connectivity index (χ0n) is 11.7. The smallest absolute Gasteiger partial charge is 0.0713 e. The van der Waals surface area contributed by atoms with Gasteiger partial charge in [0.25, 0.3) is 0 Å². The summed E-state index contributed by atoms with van der Waals surface area (Å²) < 4.78 is 5.11. The van der Waals surface area contributed by atoms with Crippen molar-refractivity contribution >= 4 is 0 Å². The topological polar surface area (TPSA) is 21.3 Å². The van der Waals surface area contributed by atoms with Crippen LogP contribution >= 0.6 is 0 Å². The summed E-state index contributed by atoms with van der Waals surface area (Å²) in [5.41, 5.74) is 3.21. The van der Waals surface area contributed by atoms with Gasteiger partial charge in [0.2, 0.25) is 0 Å². The van der Waals surface area contributed by atoms with Crippen molar-refractivity contribution in [2.45, 2.75) is 45.8 Å².